The fourth-order valence-electron chi connectivity index (χ4n) is 1.96. The summed E-state index contributed by atoms with van der Waals surface area (Å²) in [5.41, 5.74) is 1.38. The molecule has 0 aliphatic rings. The summed E-state index contributed by atoms with van der Waals surface area (Å²) in [6.45, 7) is 1.49. The van der Waals surface area contributed by atoms with E-state index >= 15 is 0 Å². The summed E-state index contributed by atoms with van der Waals surface area (Å²) in [5, 5.41) is 15.4. The Labute approximate surface area is 146 Å². The van der Waals surface area contributed by atoms with E-state index in [9.17, 15) is 5.11 Å². The summed E-state index contributed by atoms with van der Waals surface area (Å²) in [5.74, 6) is 0. The minimum absolute atomic E-state index is 0.472. The van der Waals surface area contributed by atoms with Gasteiger partial charge in [-0.15, -0.1) is 0 Å². The number of hydrogen-bond acceptors (Lipinski definition) is 3. The molecule has 7 heteroatoms. The second-order valence-electron chi connectivity index (χ2n) is 4.98. The molecule has 0 bridgehead atoms. The monoisotopic (exact) mass is 435 g/mol. The maximum atomic E-state index is 10.6. The maximum absolute atomic E-state index is 10.6. The first-order chi connectivity index (χ1) is 9.90. The predicted molar refractivity (Wildman–Crippen MR) is 91.7 cm³/mol. The van der Waals surface area contributed by atoms with Gasteiger partial charge in [-0.1, -0.05) is 17.7 Å². The summed E-state index contributed by atoms with van der Waals surface area (Å²) in [6.07, 6.45) is 0.760. The van der Waals surface area contributed by atoms with E-state index in [1.807, 2.05) is 32.3 Å². The third-order valence-corrected chi connectivity index (χ3v) is 5.28. The highest BCUT2D eigenvalue weighted by molar-refractivity contribution is 9.13. The van der Waals surface area contributed by atoms with E-state index < -0.39 is 6.10 Å². The zero-order valence-corrected chi connectivity index (χ0v) is 15.7. The highest BCUT2D eigenvalue weighted by Gasteiger charge is 2.20. The molecule has 0 spiro atoms. The van der Waals surface area contributed by atoms with Gasteiger partial charge in [0.25, 0.3) is 0 Å². The van der Waals surface area contributed by atoms with E-state index in [1.54, 1.807) is 10.9 Å². The highest BCUT2D eigenvalue weighted by atomic mass is 79.9. The molecule has 1 N–H and O–H groups in total. The average Bonchev–Trinajstić information content (AvgIpc) is 2.80. The third kappa shape index (κ3) is 4.07. The van der Waals surface area contributed by atoms with Gasteiger partial charge in [0.05, 0.1) is 23.5 Å². The van der Waals surface area contributed by atoms with E-state index in [0.717, 1.165) is 21.1 Å². The van der Waals surface area contributed by atoms with Crippen molar-refractivity contribution in [2.75, 3.05) is 20.6 Å². The summed E-state index contributed by atoms with van der Waals surface area (Å²) >= 11 is 13.1. The van der Waals surface area contributed by atoms with Gasteiger partial charge < -0.3 is 10.0 Å². The Hall–Kier alpha value is -0.400. The van der Waals surface area contributed by atoms with Crippen LogP contribution in [0.4, 0.5) is 0 Å². The van der Waals surface area contributed by atoms with Crippen molar-refractivity contribution < 1.29 is 5.11 Å². The zero-order chi connectivity index (χ0) is 15.6. The minimum Gasteiger partial charge on any atom is -0.382 e. The Kier molecular flexibility index (Phi) is 5.85. The zero-order valence-electron chi connectivity index (χ0n) is 11.7. The van der Waals surface area contributed by atoms with Crippen molar-refractivity contribution in [3.8, 4) is 0 Å². The minimum atomic E-state index is -0.813. The van der Waals surface area contributed by atoms with Crippen LogP contribution in [0.5, 0.6) is 0 Å². The standard InChI is InChI=1S/C14H16Br2ClN3O/c1-19(2)5-6-20-13(12(17)8-18-20)14(21)9-3-4-10(15)11(16)7-9/h3-4,7-8,14,21H,5-6H2,1-2H3. The van der Waals surface area contributed by atoms with Crippen molar-refractivity contribution in [3.05, 3.63) is 49.6 Å². The first-order valence-corrected chi connectivity index (χ1v) is 8.35. The van der Waals surface area contributed by atoms with Gasteiger partial charge in [0, 0.05) is 15.5 Å². The molecule has 2 aromatic rings. The number of nitrogens with zero attached hydrogens (tertiary/aromatic N) is 3. The first-order valence-electron chi connectivity index (χ1n) is 6.39. The van der Waals surface area contributed by atoms with Crippen molar-refractivity contribution in [1.29, 1.82) is 0 Å². The summed E-state index contributed by atoms with van der Waals surface area (Å²) in [7, 11) is 3.99. The van der Waals surface area contributed by atoms with E-state index in [4.69, 9.17) is 11.6 Å². The van der Waals surface area contributed by atoms with Crippen LogP contribution in [0.2, 0.25) is 5.02 Å². The number of aliphatic hydroxyl groups excluding tert-OH is 1. The largest absolute Gasteiger partial charge is 0.382 e. The van der Waals surface area contributed by atoms with Gasteiger partial charge in [-0.2, -0.15) is 5.10 Å². The molecule has 0 saturated heterocycles. The molecule has 0 fully saturated rings. The smallest absolute Gasteiger partial charge is 0.122 e. The highest BCUT2D eigenvalue weighted by Crippen LogP contribution is 2.32. The molecule has 21 heavy (non-hydrogen) atoms. The van der Waals surface area contributed by atoms with E-state index in [2.05, 4.69) is 41.9 Å². The molecule has 2 rings (SSSR count). The maximum Gasteiger partial charge on any atom is 0.122 e. The van der Waals surface area contributed by atoms with Crippen LogP contribution in [0.3, 0.4) is 0 Å². The van der Waals surface area contributed by atoms with Crippen molar-refractivity contribution >= 4 is 43.5 Å². The first kappa shape index (κ1) is 17.0. The lowest BCUT2D eigenvalue weighted by Crippen LogP contribution is -2.21. The molecule has 0 aliphatic heterocycles. The van der Waals surface area contributed by atoms with Crippen molar-refractivity contribution in [3.63, 3.8) is 0 Å². The molecule has 0 radical (unpaired) electrons. The Morgan fingerprint density at radius 3 is 2.67 bits per heavy atom. The molecule has 1 atom stereocenters. The van der Waals surface area contributed by atoms with Crippen LogP contribution in [0.1, 0.15) is 17.4 Å². The molecule has 0 saturated carbocycles. The van der Waals surface area contributed by atoms with Crippen LogP contribution in [0.25, 0.3) is 0 Å². The van der Waals surface area contributed by atoms with Gasteiger partial charge in [-0.25, -0.2) is 0 Å². The number of rotatable bonds is 5. The molecule has 1 heterocycles. The van der Waals surface area contributed by atoms with Crippen LogP contribution in [0, 0.1) is 0 Å². The van der Waals surface area contributed by atoms with Gasteiger partial charge in [-0.3, -0.25) is 4.68 Å². The summed E-state index contributed by atoms with van der Waals surface area (Å²) in [6, 6.07) is 5.62. The normalized spacial score (nSPS) is 12.9. The number of aromatic nitrogens is 2. The Morgan fingerprint density at radius 2 is 2.05 bits per heavy atom. The Bertz CT molecular complexity index is 631. The molecular weight excluding hydrogens is 421 g/mol. The number of hydrogen-bond donors (Lipinski definition) is 1. The average molecular weight is 438 g/mol. The SMILES string of the molecule is CN(C)CCn1ncc(Cl)c1C(O)c1ccc(Br)c(Br)c1. The molecule has 0 aliphatic carbocycles. The van der Waals surface area contributed by atoms with Gasteiger partial charge >= 0.3 is 0 Å². The van der Waals surface area contributed by atoms with Crippen LogP contribution in [0.15, 0.2) is 33.3 Å². The molecule has 1 aromatic carbocycles. The fraction of sp³-hybridized carbons (Fsp3) is 0.357. The van der Waals surface area contributed by atoms with Crippen molar-refractivity contribution in [1.82, 2.24) is 14.7 Å². The van der Waals surface area contributed by atoms with Crippen molar-refractivity contribution in [2.45, 2.75) is 12.6 Å². The van der Waals surface area contributed by atoms with Gasteiger partial charge in [0.2, 0.25) is 0 Å². The molecule has 0 amide bonds. The Morgan fingerprint density at radius 1 is 1.33 bits per heavy atom. The number of benzene rings is 1. The number of likely N-dealkylation sites (N-methyl/N-ethyl adjacent to an activating group) is 1. The quantitative estimate of drug-likeness (QED) is 0.776. The lowest BCUT2D eigenvalue weighted by atomic mass is 10.1. The van der Waals surface area contributed by atoms with Gasteiger partial charge in [-0.05, 0) is 63.7 Å². The van der Waals surface area contributed by atoms with Crippen LogP contribution < -0.4 is 0 Å². The topological polar surface area (TPSA) is 41.3 Å². The van der Waals surface area contributed by atoms with Crippen LogP contribution in [-0.4, -0.2) is 40.4 Å². The number of halogens is 3. The van der Waals surface area contributed by atoms with Crippen molar-refractivity contribution in [2.24, 2.45) is 0 Å². The molecule has 4 nitrogen and oxygen atoms in total. The second-order valence-corrected chi connectivity index (χ2v) is 7.10. The molecule has 1 unspecified atom stereocenters. The molecular formula is C14H16Br2ClN3O. The molecule has 1 aromatic heterocycles. The third-order valence-electron chi connectivity index (χ3n) is 3.11. The van der Waals surface area contributed by atoms with Gasteiger partial charge in [0.15, 0.2) is 0 Å². The summed E-state index contributed by atoms with van der Waals surface area (Å²) in [4.78, 5) is 2.06. The Balaban J connectivity index is 2.31. The summed E-state index contributed by atoms with van der Waals surface area (Å²) < 4.78 is 3.57. The van der Waals surface area contributed by atoms with E-state index in [-0.39, 0.29) is 0 Å². The van der Waals surface area contributed by atoms with E-state index in [1.165, 1.54) is 0 Å². The van der Waals surface area contributed by atoms with Crippen LogP contribution in [-0.2, 0) is 6.54 Å². The lowest BCUT2D eigenvalue weighted by Gasteiger charge is -2.17. The molecule has 114 valence electrons. The fourth-order valence-corrected chi connectivity index (χ4v) is 2.84. The second kappa shape index (κ2) is 7.24. The number of aliphatic hydroxyl groups is 1. The van der Waals surface area contributed by atoms with Gasteiger partial charge in [0.1, 0.15) is 6.10 Å². The lowest BCUT2D eigenvalue weighted by molar-refractivity contribution is 0.205. The predicted octanol–water partition coefficient (Wildman–Crippen LogP) is 3.70. The van der Waals surface area contributed by atoms with E-state index in [0.29, 0.717) is 17.3 Å². The van der Waals surface area contributed by atoms with Crippen LogP contribution >= 0.6 is 43.5 Å².